The molecule has 0 bridgehead atoms. The van der Waals surface area contributed by atoms with E-state index in [1.807, 2.05) is 6.92 Å². The highest BCUT2D eigenvalue weighted by Gasteiger charge is 2.30. The minimum Gasteiger partial charge on any atom is -0.455 e. The average Bonchev–Trinajstić information content (AvgIpc) is 3.21. The lowest BCUT2D eigenvalue weighted by atomic mass is 10.1. The molecule has 170 valence electrons. The molecule has 1 heterocycles. The quantitative estimate of drug-likeness (QED) is 0.528. The van der Waals surface area contributed by atoms with E-state index in [2.05, 4.69) is 14.9 Å². The van der Waals surface area contributed by atoms with Crippen LogP contribution in [0, 0.1) is 13.8 Å². The van der Waals surface area contributed by atoms with Crippen LogP contribution in [0.5, 0.6) is 0 Å². The summed E-state index contributed by atoms with van der Waals surface area (Å²) in [6.07, 6.45) is -4.53. The fourth-order valence-electron chi connectivity index (χ4n) is 2.58. The van der Waals surface area contributed by atoms with Gasteiger partial charge in [0.2, 0.25) is 15.8 Å². The summed E-state index contributed by atoms with van der Waals surface area (Å²) in [6, 6.07) is 8.90. The Morgan fingerprint density at radius 1 is 1.12 bits per heavy atom. The van der Waals surface area contributed by atoms with E-state index in [9.17, 15) is 26.4 Å². The van der Waals surface area contributed by atoms with Crippen molar-refractivity contribution in [1.29, 1.82) is 0 Å². The second-order valence-corrected chi connectivity index (χ2v) is 8.59. The van der Waals surface area contributed by atoms with Crippen LogP contribution in [0.25, 0.3) is 11.4 Å². The Kier molecular flexibility index (Phi) is 6.65. The Labute approximate surface area is 181 Å². The van der Waals surface area contributed by atoms with Gasteiger partial charge in [0.05, 0.1) is 10.5 Å². The molecule has 32 heavy (non-hydrogen) atoms. The zero-order valence-corrected chi connectivity index (χ0v) is 17.7. The zero-order chi connectivity index (χ0) is 23.5. The molecule has 1 aromatic heterocycles. The molecular weight excluding hydrogens is 451 g/mol. The van der Waals surface area contributed by atoms with E-state index >= 15 is 0 Å². The van der Waals surface area contributed by atoms with Gasteiger partial charge < -0.3 is 9.26 Å². The number of ether oxygens (including phenoxy) is 1. The fourth-order valence-corrected chi connectivity index (χ4v) is 3.63. The van der Waals surface area contributed by atoms with Crippen LogP contribution < -0.4 is 4.72 Å². The molecule has 0 aliphatic rings. The fraction of sp³-hybridized carbons (Fsp3) is 0.250. The van der Waals surface area contributed by atoms with Crippen molar-refractivity contribution in [2.45, 2.75) is 31.5 Å². The van der Waals surface area contributed by atoms with Crippen LogP contribution in [0.1, 0.15) is 22.6 Å². The number of sulfonamides is 1. The maximum atomic E-state index is 12.8. The van der Waals surface area contributed by atoms with Crippen molar-refractivity contribution in [3.8, 4) is 11.4 Å². The molecule has 0 unspecified atom stereocenters. The number of hydrogen-bond donors (Lipinski definition) is 1. The van der Waals surface area contributed by atoms with Gasteiger partial charge in [0.1, 0.15) is 6.54 Å². The Balaban J connectivity index is 1.57. The normalized spacial score (nSPS) is 12.0. The standard InChI is InChI=1S/C20H18F3N3O5S/c1-12-6-7-16(8-13(12)2)32(28,29)24-10-18(27)30-11-17-25-19(26-31-17)14-4-3-5-15(9-14)20(21,22)23/h3-9,24H,10-11H2,1-2H3. The lowest BCUT2D eigenvalue weighted by molar-refractivity contribution is -0.144. The van der Waals surface area contributed by atoms with Gasteiger partial charge in [-0.1, -0.05) is 23.4 Å². The number of hydrogen-bond acceptors (Lipinski definition) is 7. The van der Waals surface area contributed by atoms with Crippen LogP contribution in [0.3, 0.4) is 0 Å². The van der Waals surface area contributed by atoms with Gasteiger partial charge in [-0.15, -0.1) is 0 Å². The van der Waals surface area contributed by atoms with Gasteiger partial charge in [0.15, 0.2) is 6.61 Å². The van der Waals surface area contributed by atoms with Gasteiger partial charge in [-0.25, -0.2) is 8.42 Å². The van der Waals surface area contributed by atoms with Crippen molar-refractivity contribution in [3.05, 3.63) is 65.0 Å². The Morgan fingerprint density at radius 3 is 2.56 bits per heavy atom. The molecule has 0 fully saturated rings. The predicted molar refractivity (Wildman–Crippen MR) is 106 cm³/mol. The minimum absolute atomic E-state index is 0.0102. The molecule has 0 saturated heterocycles. The van der Waals surface area contributed by atoms with Crippen LogP contribution in [-0.2, 0) is 32.3 Å². The van der Waals surface area contributed by atoms with Crippen molar-refractivity contribution in [3.63, 3.8) is 0 Å². The number of rotatable bonds is 7. The molecule has 1 N–H and O–H groups in total. The molecule has 0 aliphatic carbocycles. The molecule has 0 amide bonds. The molecule has 12 heteroatoms. The molecule has 0 aliphatic heterocycles. The largest absolute Gasteiger partial charge is 0.455 e. The van der Waals surface area contributed by atoms with Gasteiger partial charge in [-0.2, -0.15) is 22.9 Å². The highest BCUT2D eigenvalue weighted by atomic mass is 32.2. The summed E-state index contributed by atoms with van der Waals surface area (Å²) in [5.41, 5.74) is 0.905. The molecule has 8 nitrogen and oxygen atoms in total. The molecule has 0 saturated carbocycles. The van der Waals surface area contributed by atoms with E-state index in [0.29, 0.717) is 0 Å². The van der Waals surface area contributed by atoms with Gasteiger partial charge in [-0.3, -0.25) is 4.79 Å². The number of alkyl halides is 3. The molecule has 0 radical (unpaired) electrons. The topological polar surface area (TPSA) is 111 Å². The first-order chi connectivity index (χ1) is 15.0. The van der Waals surface area contributed by atoms with Crippen molar-refractivity contribution in [1.82, 2.24) is 14.9 Å². The van der Waals surface area contributed by atoms with Crippen molar-refractivity contribution >= 4 is 16.0 Å². The van der Waals surface area contributed by atoms with E-state index < -0.39 is 40.9 Å². The Morgan fingerprint density at radius 2 is 1.88 bits per heavy atom. The van der Waals surface area contributed by atoms with Crippen molar-refractivity contribution < 1.29 is 35.6 Å². The van der Waals surface area contributed by atoms with Crippen LogP contribution in [0.15, 0.2) is 51.9 Å². The second-order valence-electron chi connectivity index (χ2n) is 6.82. The molecule has 3 aromatic rings. The van der Waals surface area contributed by atoms with Crippen LogP contribution in [-0.4, -0.2) is 31.1 Å². The Hall–Kier alpha value is -3.25. The highest BCUT2D eigenvalue weighted by Crippen LogP contribution is 2.31. The number of halogens is 3. The number of aryl methyl sites for hydroxylation is 2. The summed E-state index contributed by atoms with van der Waals surface area (Å²) in [5, 5.41) is 3.57. The first kappa shape index (κ1) is 23.4. The monoisotopic (exact) mass is 469 g/mol. The molecule has 3 rings (SSSR count). The van der Waals surface area contributed by atoms with E-state index in [1.54, 1.807) is 13.0 Å². The minimum atomic E-state index is -4.53. The van der Waals surface area contributed by atoms with Crippen molar-refractivity contribution in [2.75, 3.05) is 6.54 Å². The molecular formula is C20H18F3N3O5S. The van der Waals surface area contributed by atoms with Gasteiger partial charge in [0.25, 0.3) is 5.89 Å². The van der Waals surface area contributed by atoms with E-state index in [4.69, 9.17) is 9.26 Å². The van der Waals surface area contributed by atoms with Gasteiger partial charge in [-0.05, 0) is 49.2 Å². The SMILES string of the molecule is Cc1ccc(S(=O)(=O)NCC(=O)OCc2nc(-c3cccc(C(F)(F)F)c3)no2)cc1C. The van der Waals surface area contributed by atoms with Gasteiger partial charge >= 0.3 is 12.1 Å². The lowest BCUT2D eigenvalue weighted by Gasteiger charge is -2.08. The second kappa shape index (κ2) is 9.09. The van der Waals surface area contributed by atoms with Crippen LogP contribution in [0.2, 0.25) is 0 Å². The van der Waals surface area contributed by atoms with Crippen molar-refractivity contribution in [2.24, 2.45) is 0 Å². The lowest BCUT2D eigenvalue weighted by Crippen LogP contribution is -2.30. The molecule has 0 spiro atoms. The van der Waals surface area contributed by atoms with Gasteiger partial charge in [0, 0.05) is 5.56 Å². The maximum absolute atomic E-state index is 12.8. The number of aromatic nitrogens is 2. The summed E-state index contributed by atoms with van der Waals surface area (Å²) in [4.78, 5) is 15.8. The summed E-state index contributed by atoms with van der Waals surface area (Å²) in [5.74, 6) is -1.18. The average molecular weight is 469 g/mol. The molecule has 2 aromatic carbocycles. The molecule has 0 atom stereocenters. The highest BCUT2D eigenvalue weighted by molar-refractivity contribution is 7.89. The maximum Gasteiger partial charge on any atom is 0.416 e. The Bertz CT molecular complexity index is 1240. The number of nitrogens with zero attached hydrogens (tertiary/aromatic N) is 2. The van der Waals surface area contributed by atoms with Crippen LogP contribution in [0.4, 0.5) is 13.2 Å². The van der Waals surface area contributed by atoms with Crippen LogP contribution >= 0.6 is 0 Å². The third-order valence-corrected chi connectivity index (χ3v) is 5.87. The van der Waals surface area contributed by atoms with E-state index in [-0.39, 0.29) is 22.2 Å². The summed E-state index contributed by atoms with van der Waals surface area (Å²) < 4.78 is 75.0. The van der Waals surface area contributed by atoms with E-state index in [0.717, 1.165) is 23.3 Å². The number of carbonyl (C=O) groups is 1. The number of benzene rings is 2. The number of carbonyl (C=O) groups excluding carboxylic acids is 1. The summed E-state index contributed by atoms with van der Waals surface area (Å²) in [6.45, 7) is 2.49. The first-order valence-corrected chi connectivity index (χ1v) is 10.7. The summed E-state index contributed by atoms with van der Waals surface area (Å²) in [7, 11) is -3.92. The first-order valence-electron chi connectivity index (χ1n) is 9.18. The third-order valence-electron chi connectivity index (χ3n) is 4.47. The smallest absolute Gasteiger partial charge is 0.416 e. The number of nitrogens with one attached hydrogen (secondary N) is 1. The zero-order valence-electron chi connectivity index (χ0n) is 16.9. The predicted octanol–water partition coefficient (Wildman–Crippen LogP) is 3.39. The number of esters is 1. The summed E-state index contributed by atoms with van der Waals surface area (Å²) >= 11 is 0. The van der Waals surface area contributed by atoms with E-state index in [1.165, 1.54) is 24.3 Å². The third kappa shape index (κ3) is 5.71.